The molecular formula is C14H23BrN4. The van der Waals surface area contributed by atoms with Crippen molar-refractivity contribution in [2.24, 2.45) is 0 Å². The Labute approximate surface area is 124 Å². The van der Waals surface area contributed by atoms with Gasteiger partial charge in [-0.1, -0.05) is 6.92 Å². The molecule has 19 heavy (non-hydrogen) atoms. The van der Waals surface area contributed by atoms with Gasteiger partial charge in [0.05, 0.1) is 0 Å². The van der Waals surface area contributed by atoms with Crippen LogP contribution in [0.4, 0.5) is 5.82 Å². The third-order valence-corrected chi connectivity index (χ3v) is 4.26. The van der Waals surface area contributed by atoms with E-state index in [4.69, 9.17) is 0 Å². The van der Waals surface area contributed by atoms with E-state index >= 15 is 0 Å². The van der Waals surface area contributed by atoms with Crippen LogP contribution in [0.25, 0.3) is 0 Å². The Balaban J connectivity index is 2.21. The summed E-state index contributed by atoms with van der Waals surface area (Å²) in [6.45, 7) is 6.34. The third kappa shape index (κ3) is 3.46. The van der Waals surface area contributed by atoms with Gasteiger partial charge in [-0.3, -0.25) is 4.90 Å². The second kappa shape index (κ2) is 6.68. The van der Waals surface area contributed by atoms with Gasteiger partial charge in [0.1, 0.15) is 5.82 Å². The highest BCUT2D eigenvalue weighted by atomic mass is 79.9. The Morgan fingerprint density at radius 2 is 2.26 bits per heavy atom. The molecule has 0 bridgehead atoms. The van der Waals surface area contributed by atoms with E-state index in [0.717, 1.165) is 36.5 Å². The average Bonchev–Trinajstić information content (AvgIpc) is 2.40. The molecule has 2 rings (SSSR count). The summed E-state index contributed by atoms with van der Waals surface area (Å²) in [4.78, 5) is 9.51. The van der Waals surface area contributed by atoms with Gasteiger partial charge in [-0.05, 0) is 42.5 Å². The standard InChI is InChI=1S/C14H23BrN4/c1-4-13-10-19(6-5-18(13)3)14-11(8-16-2)7-12(15)9-17-14/h7,9,13,16H,4-6,8,10H2,1-3H3. The molecule has 2 heterocycles. The van der Waals surface area contributed by atoms with Crippen LogP contribution in [0.3, 0.4) is 0 Å². The lowest BCUT2D eigenvalue weighted by molar-refractivity contribution is 0.212. The number of halogens is 1. The molecule has 5 heteroatoms. The maximum atomic E-state index is 4.63. The SMILES string of the molecule is CCC1CN(c2ncc(Br)cc2CNC)CCN1C. The molecule has 0 radical (unpaired) electrons. The fraction of sp³-hybridized carbons (Fsp3) is 0.643. The lowest BCUT2D eigenvalue weighted by Gasteiger charge is -2.40. The van der Waals surface area contributed by atoms with Crippen molar-refractivity contribution < 1.29 is 0 Å². The molecule has 1 aliphatic rings. The lowest BCUT2D eigenvalue weighted by Crippen LogP contribution is -2.51. The number of nitrogens with zero attached hydrogens (tertiary/aromatic N) is 3. The van der Waals surface area contributed by atoms with Crippen LogP contribution in [0, 0.1) is 0 Å². The van der Waals surface area contributed by atoms with Gasteiger partial charge in [0.15, 0.2) is 0 Å². The van der Waals surface area contributed by atoms with E-state index in [1.165, 1.54) is 12.0 Å². The molecule has 0 aromatic carbocycles. The minimum atomic E-state index is 0.627. The predicted molar refractivity (Wildman–Crippen MR) is 83.6 cm³/mol. The van der Waals surface area contributed by atoms with Gasteiger partial charge in [-0.25, -0.2) is 4.98 Å². The van der Waals surface area contributed by atoms with E-state index in [1.807, 2.05) is 13.2 Å². The van der Waals surface area contributed by atoms with Crippen molar-refractivity contribution in [2.75, 3.05) is 38.6 Å². The summed E-state index contributed by atoms with van der Waals surface area (Å²) in [5.74, 6) is 1.13. The Hall–Kier alpha value is -0.650. The molecule has 1 fully saturated rings. The molecule has 106 valence electrons. The number of likely N-dealkylation sites (N-methyl/N-ethyl adjacent to an activating group) is 1. The van der Waals surface area contributed by atoms with Crippen LogP contribution in [0.15, 0.2) is 16.7 Å². The Bertz CT molecular complexity index is 424. The summed E-state index contributed by atoms with van der Waals surface area (Å²) in [6.07, 6.45) is 3.08. The van der Waals surface area contributed by atoms with Gasteiger partial charge in [0.25, 0.3) is 0 Å². The van der Waals surface area contributed by atoms with E-state index in [2.05, 4.69) is 56.1 Å². The minimum Gasteiger partial charge on any atom is -0.353 e. The molecule has 1 aromatic rings. The fourth-order valence-electron chi connectivity index (χ4n) is 2.66. The van der Waals surface area contributed by atoms with E-state index in [9.17, 15) is 0 Å². The minimum absolute atomic E-state index is 0.627. The summed E-state index contributed by atoms with van der Waals surface area (Å²) in [5, 5.41) is 3.23. The molecule has 0 spiro atoms. The molecule has 0 aliphatic carbocycles. The van der Waals surface area contributed by atoms with Gasteiger partial charge in [-0.15, -0.1) is 0 Å². The van der Waals surface area contributed by atoms with Crippen molar-refractivity contribution in [3.05, 3.63) is 22.3 Å². The molecule has 1 atom stereocenters. The Morgan fingerprint density at radius 1 is 1.47 bits per heavy atom. The fourth-order valence-corrected chi connectivity index (χ4v) is 3.04. The summed E-state index contributed by atoms with van der Waals surface area (Å²) < 4.78 is 1.04. The zero-order chi connectivity index (χ0) is 13.8. The molecule has 0 amide bonds. The van der Waals surface area contributed by atoms with Crippen molar-refractivity contribution in [1.29, 1.82) is 0 Å². The smallest absolute Gasteiger partial charge is 0.133 e. The number of hydrogen-bond acceptors (Lipinski definition) is 4. The van der Waals surface area contributed by atoms with Crippen LogP contribution in [-0.2, 0) is 6.54 Å². The number of piperazine rings is 1. The van der Waals surface area contributed by atoms with E-state index in [1.54, 1.807) is 0 Å². The van der Waals surface area contributed by atoms with Crippen LogP contribution in [0.1, 0.15) is 18.9 Å². The second-order valence-corrected chi connectivity index (χ2v) is 6.07. The topological polar surface area (TPSA) is 31.4 Å². The second-order valence-electron chi connectivity index (χ2n) is 5.16. The predicted octanol–water partition coefficient (Wildman–Crippen LogP) is 2.09. The first-order valence-electron chi connectivity index (χ1n) is 6.90. The highest BCUT2D eigenvalue weighted by molar-refractivity contribution is 9.10. The molecule has 1 aliphatic heterocycles. The van der Waals surface area contributed by atoms with E-state index in [-0.39, 0.29) is 0 Å². The first-order valence-corrected chi connectivity index (χ1v) is 7.69. The number of pyridine rings is 1. The molecular weight excluding hydrogens is 304 g/mol. The highest BCUT2D eigenvalue weighted by Crippen LogP contribution is 2.24. The Morgan fingerprint density at radius 3 is 2.95 bits per heavy atom. The van der Waals surface area contributed by atoms with Crippen molar-refractivity contribution in [3.63, 3.8) is 0 Å². The molecule has 1 saturated heterocycles. The zero-order valence-electron chi connectivity index (χ0n) is 12.0. The summed E-state index contributed by atoms with van der Waals surface area (Å²) in [6, 6.07) is 2.79. The lowest BCUT2D eigenvalue weighted by atomic mass is 10.1. The van der Waals surface area contributed by atoms with Crippen molar-refractivity contribution >= 4 is 21.7 Å². The maximum absolute atomic E-state index is 4.63. The quantitative estimate of drug-likeness (QED) is 0.918. The number of hydrogen-bond donors (Lipinski definition) is 1. The van der Waals surface area contributed by atoms with Crippen LogP contribution in [0.2, 0.25) is 0 Å². The monoisotopic (exact) mass is 326 g/mol. The van der Waals surface area contributed by atoms with Gasteiger partial charge in [0.2, 0.25) is 0 Å². The van der Waals surface area contributed by atoms with E-state index in [0.29, 0.717) is 6.04 Å². The molecule has 1 aromatic heterocycles. The molecule has 1 N–H and O–H groups in total. The zero-order valence-corrected chi connectivity index (χ0v) is 13.6. The highest BCUT2D eigenvalue weighted by Gasteiger charge is 2.25. The number of aromatic nitrogens is 1. The van der Waals surface area contributed by atoms with Gasteiger partial charge in [-0.2, -0.15) is 0 Å². The summed E-state index contributed by atoms with van der Waals surface area (Å²) >= 11 is 3.51. The van der Waals surface area contributed by atoms with Gasteiger partial charge >= 0.3 is 0 Å². The normalized spacial score (nSPS) is 20.8. The van der Waals surface area contributed by atoms with Gasteiger partial charge < -0.3 is 10.2 Å². The van der Waals surface area contributed by atoms with E-state index < -0.39 is 0 Å². The number of nitrogens with one attached hydrogen (secondary N) is 1. The van der Waals surface area contributed by atoms with Crippen molar-refractivity contribution in [2.45, 2.75) is 25.9 Å². The molecule has 1 unspecified atom stereocenters. The average molecular weight is 327 g/mol. The van der Waals surface area contributed by atoms with Crippen LogP contribution in [-0.4, -0.2) is 49.7 Å². The summed E-state index contributed by atoms with van der Waals surface area (Å²) in [7, 11) is 4.19. The number of anilines is 1. The van der Waals surface area contributed by atoms with Crippen LogP contribution < -0.4 is 10.2 Å². The largest absolute Gasteiger partial charge is 0.353 e. The van der Waals surface area contributed by atoms with Crippen molar-refractivity contribution in [3.8, 4) is 0 Å². The van der Waals surface area contributed by atoms with Gasteiger partial charge in [0, 0.05) is 48.5 Å². The first-order chi connectivity index (χ1) is 9.15. The number of rotatable bonds is 4. The van der Waals surface area contributed by atoms with Crippen LogP contribution >= 0.6 is 15.9 Å². The van der Waals surface area contributed by atoms with Crippen LogP contribution in [0.5, 0.6) is 0 Å². The van der Waals surface area contributed by atoms with Crippen molar-refractivity contribution in [1.82, 2.24) is 15.2 Å². The molecule has 0 saturated carbocycles. The maximum Gasteiger partial charge on any atom is 0.133 e. The Kier molecular flexibility index (Phi) is 5.19. The third-order valence-electron chi connectivity index (χ3n) is 3.82. The molecule has 4 nitrogen and oxygen atoms in total. The summed E-state index contributed by atoms with van der Waals surface area (Å²) in [5.41, 5.74) is 1.26. The first kappa shape index (κ1) is 14.8.